The van der Waals surface area contributed by atoms with E-state index >= 15 is 0 Å². The third kappa shape index (κ3) is 5.43. The maximum absolute atomic E-state index is 3.68. The highest BCUT2D eigenvalue weighted by atomic mass is 15.2. The number of rotatable bonds is 8. The van der Waals surface area contributed by atoms with Crippen LogP contribution in [0.5, 0.6) is 0 Å². The lowest BCUT2D eigenvalue weighted by atomic mass is 9.83. The molecule has 1 heterocycles. The molecule has 1 fully saturated rings. The summed E-state index contributed by atoms with van der Waals surface area (Å²) in [6.45, 7) is 19.0. The van der Waals surface area contributed by atoms with E-state index in [-0.39, 0.29) is 0 Å². The van der Waals surface area contributed by atoms with Crippen LogP contribution in [0.1, 0.15) is 67.2 Å². The number of nitrogens with zero attached hydrogens (tertiary/aromatic N) is 1. The molecule has 114 valence electrons. The summed E-state index contributed by atoms with van der Waals surface area (Å²) >= 11 is 0. The van der Waals surface area contributed by atoms with E-state index in [1.165, 1.54) is 38.8 Å². The Bertz CT molecular complexity index is 260. The Morgan fingerprint density at radius 1 is 1.32 bits per heavy atom. The van der Waals surface area contributed by atoms with Gasteiger partial charge in [-0.05, 0) is 57.5 Å². The van der Waals surface area contributed by atoms with Gasteiger partial charge in [-0.25, -0.2) is 0 Å². The summed E-state index contributed by atoms with van der Waals surface area (Å²) in [7, 11) is 0. The summed E-state index contributed by atoms with van der Waals surface area (Å²) in [4.78, 5) is 2.72. The van der Waals surface area contributed by atoms with Crippen molar-refractivity contribution in [3.05, 3.63) is 0 Å². The van der Waals surface area contributed by atoms with Gasteiger partial charge in [-0.2, -0.15) is 0 Å². The third-order valence-electron chi connectivity index (χ3n) is 4.60. The van der Waals surface area contributed by atoms with Crippen LogP contribution in [0.3, 0.4) is 0 Å². The summed E-state index contributed by atoms with van der Waals surface area (Å²) in [5.74, 6) is 0.745. The summed E-state index contributed by atoms with van der Waals surface area (Å²) in [6.07, 6.45) is 5.34. The van der Waals surface area contributed by atoms with Crippen LogP contribution in [-0.2, 0) is 0 Å². The molecule has 0 saturated carbocycles. The fourth-order valence-electron chi connectivity index (χ4n) is 3.41. The molecule has 1 aliphatic heterocycles. The van der Waals surface area contributed by atoms with Gasteiger partial charge in [0.25, 0.3) is 0 Å². The first kappa shape index (κ1) is 17.0. The molecular weight excluding hydrogens is 232 g/mol. The van der Waals surface area contributed by atoms with Gasteiger partial charge in [0, 0.05) is 18.6 Å². The van der Waals surface area contributed by atoms with Crippen LogP contribution in [0, 0.1) is 11.3 Å². The van der Waals surface area contributed by atoms with E-state index in [9.17, 15) is 0 Å². The minimum Gasteiger partial charge on any atom is -0.316 e. The Hall–Kier alpha value is -0.0800. The molecule has 1 unspecified atom stereocenters. The highest BCUT2D eigenvalue weighted by Crippen LogP contribution is 2.33. The summed E-state index contributed by atoms with van der Waals surface area (Å²) in [6, 6.07) is 0. The van der Waals surface area contributed by atoms with Gasteiger partial charge < -0.3 is 5.32 Å². The zero-order valence-electron chi connectivity index (χ0n) is 14.2. The van der Waals surface area contributed by atoms with E-state index in [2.05, 4.69) is 51.8 Å². The minimum atomic E-state index is 0.410. The standard InChI is InChI=1S/C17H36N2/c1-7-9-17(6,13-18-12-15(2)3)14-19-11-8-10-16(19,4)5/h15,18H,7-14H2,1-6H3. The average Bonchev–Trinajstić information content (AvgIpc) is 2.57. The second-order valence-electron chi connectivity index (χ2n) is 7.92. The van der Waals surface area contributed by atoms with E-state index in [1.807, 2.05) is 0 Å². The fraction of sp³-hybridized carbons (Fsp3) is 1.00. The van der Waals surface area contributed by atoms with Crippen LogP contribution >= 0.6 is 0 Å². The molecule has 0 aliphatic carbocycles. The van der Waals surface area contributed by atoms with Crippen molar-refractivity contribution in [2.24, 2.45) is 11.3 Å². The zero-order valence-corrected chi connectivity index (χ0v) is 14.2. The van der Waals surface area contributed by atoms with E-state index < -0.39 is 0 Å². The Morgan fingerprint density at radius 3 is 2.47 bits per heavy atom. The summed E-state index contributed by atoms with van der Waals surface area (Å²) in [5.41, 5.74) is 0.832. The first-order valence-corrected chi connectivity index (χ1v) is 8.25. The molecule has 1 N–H and O–H groups in total. The topological polar surface area (TPSA) is 15.3 Å². The maximum atomic E-state index is 3.68. The van der Waals surface area contributed by atoms with Crippen LogP contribution < -0.4 is 5.32 Å². The van der Waals surface area contributed by atoms with Crippen molar-refractivity contribution in [1.29, 1.82) is 0 Å². The first-order chi connectivity index (χ1) is 8.79. The number of hydrogen-bond donors (Lipinski definition) is 1. The SMILES string of the molecule is CCCC(C)(CNCC(C)C)CN1CCCC1(C)C. The lowest BCUT2D eigenvalue weighted by Crippen LogP contribution is -2.48. The van der Waals surface area contributed by atoms with Crippen molar-refractivity contribution in [1.82, 2.24) is 10.2 Å². The van der Waals surface area contributed by atoms with Crippen LogP contribution in [0.2, 0.25) is 0 Å². The second kappa shape index (κ2) is 7.08. The Labute approximate surface area is 121 Å². The van der Waals surface area contributed by atoms with Crippen molar-refractivity contribution < 1.29 is 0 Å². The first-order valence-electron chi connectivity index (χ1n) is 8.25. The fourth-order valence-corrected chi connectivity index (χ4v) is 3.41. The lowest BCUT2D eigenvalue weighted by molar-refractivity contribution is 0.0963. The molecule has 0 spiro atoms. The molecule has 1 saturated heterocycles. The van der Waals surface area contributed by atoms with E-state index in [1.54, 1.807) is 0 Å². The smallest absolute Gasteiger partial charge is 0.0153 e. The van der Waals surface area contributed by atoms with Crippen LogP contribution in [0.25, 0.3) is 0 Å². The molecule has 19 heavy (non-hydrogen) atoms. The molecule has 0 aromatic heterocycles. The van der Waals surface area contributed by atoms with Crippen molar-refractivity contribution in [2.75, 3.05) is 26.2 Å². The van der Waals surface area contributed by atoms with Crippen molar-refractivity contribution in [3.8, 4) is 0 Å². The molecule has 1 aliphatic rings. The van der Waals surface area contributed by atoms with Crippen molar-refractivity contribution in [2.45, 2.75) is 72.8 Å². The predicted molar refractivity (Wildman–Crippen MR) is 85.6 cm³/mol. The second-order valence-corrected chi connectivity index (χ2v) is 7.92. The van der Waals surface area contributed by atoms with Gasteiger partial charge in [0.15, 0.2) is 0 Å². The minimum absolute atomic E-state index is 0.410. The highest BCUT2D eigenvalue weighted by molar-refractivity contribution is 4.92. The zero-order chi connectivity index (χ0) is 14.5. The quantitative estimate of drug-likeness (QED) is 0.718. The Balaban J connectivity index is 2.54. The molecule has 2 heteroatoms. The third-order valence-corrected chi connectivity index (χ3v) is 4.60. The van der Waals surface area contributed by atoms with Gasteiger partial charge in [0.2, 0.25) is 0 Å². The highest BCUT2D eigenvalue weighted by Gasteiger charge is 2.36. The van der Waals surface area contributed by atoms with Gasteiger partial charge in [-0.15, -0.1) is 0 Å². The van der Waals surface area contributed by atoms with Crippen LogP contribution in [0.4, 0.5) is 0 Å². The average molecular weight is 268 g/mol. The molecule has 0 aromatic rings. The van der Waals surface area contributed by atoms with Gasteiger partial charge >= 0.3 is 0 Å². The lowest BCUT2D eigenvalue weighted by Gasteiger charge is -2.40. The van der Waals surface area contributed by atoms with Gasteiger partial charge in [0.05, 0.1) is 0 Å². The molecule has 1 atom stereocenters. The maximum Gasteiger partial charge on any atom is 0.0153 e. The van der Waals surface area contributed by atoms with Crippen molar-refractivity contribution in [3.63, 3.8) is 0 Å². The monoisotopic (exact) mass is 268 g/mol. The number of likely N-dealkylation sites (tertiary alicyclic amines) is 1. The van der Waals surface area contributed by atoms with E-state index in [0.717, 1.165) is 19.0 Å². The number of hydrogen-bond acceptors (Lipinski definition) is 2. The van der Waals surface area contributed by atoms with Gasteiger partial charge in [-0.1, -0.05) is 34.1 Å². The van der Waals surface area contributed by atoms with Gasteiger partial charge in [0.1, 0.15) is 0 Å². The molecule has 1 rings (SSSR count). The molecule has 0 bridgehead atoms. The molecular formula is C17H36N2. The summed E-state index contributed by atoms with van der Waals surface area (Å²) < 4.78 is 0. The summed E-state index contributed by atoms with van der Waals surface area (Å²) in [5, 5.41) is 3.68. The Kier molecular flexibility index (Phi) is 6.32. The molecule has 0 aromatic carbocycles. The normalized spacial score (nSPS) is 22.9. The number of nitrogens with one attached hydrogen (secondary N) is 1. The predicted octanol–water partition coefficient (Wildman–Crippen LogP) is 3.91. The largest absolute Gasteiger partial charge is 0.316 e. The Morgan fingerprint density at radius 2 is 2.00 bits per heavy atom. The molecule has 2 nitrogen and oxygen atoms in total. The van der Waals surface area contributed by atoms with E-state index in [0.29, 0.717) is 11.0 Å². The van der Waals surface area contributed by atoms with Gasteiger partial charge in [-0.3, -0.25) is 4.90 Å². The van der Waals surface area contributed by atoms with Crippen molar-refractivity contribution >= 4 is 0 Å². The van der Waals surface area contributed by atoms with Crippen LogP contribution in [0.15, 0.2) is 0 Å². The molecule has 0 amide bonds. The van der Waals surface area contributed by atoms with E-state index in [4.69, 9.17) is 0 Å². The molecule has 0 radical (unpaired) electrons. The van der Waals surface area contributed by atoms with Crippen LogP contribution in [-0.4, -0.2) is 36.6 Å².